The lowest BCUT2D eigenvalue weighted by molar-refractivity contribution is -0.120. The van der Waals surface area contributed by atoms with Gasteiger partial charge >= 0.3 is 0 Å². The minimum atomic E-state index is -0.343. The maximum Gasteiger partial charge on any atom is 0.282 e. The van der Waals surface area contributed by atoms with Crippen LogP contribution in [0.1, 0.15) is 16.7 Å². The molecule has 0 saturated carbocycles. The van der Waals surface area contributed by atoms with Crippen molar-refractivity contribution in [1.82, 2.24) is 0 Å². The summed E-state index contributed by atoms with van der Waals surface area (Å²) in [6.45, 7) is 2.48. The number of fused-ring (bicyclic) bond motifs is 1. The lowest BCUT2D eigenvalue weighted by Crippen LogP contribution is -2.35. The Morgan fingerprint density at radius 1 is 0.906 bits per heavy atom. The number of hydrogen-bond donors (Lipinski definition) is 0. The van der Waals surface area contributed by atoms with Gasteiger partial charge in [0, 0.05) is 17.3 Å². The van der Waals surface area contributed by atoms with E-state index in [1.165, 1.54) is 4.90 Å². The van der Waals surface area contributed by atoms with Crippen LogP contribution in [0.25, 0.3) is 5.57 Å². The average Bonchev–Trinajstić information content (AvgIpc) is 3.32. The van der Waals surface area contributed by atoms with Crippen molar-refractivity contribution in [3.63, 3.8) is 0 Å². The van der Waals surface area contributed by atoms with Crippen LogP contribution < -0.4 is 14.5 Å². The Kier molecular flexibility index (Phi) is 4.98. The summed E-state index contributed by atoms with van der Waals surface area (Å²) in [6.07, 6.45) is 0.816. The van der Waals surface area contributed by atoms with Crippen molar-refractivity contribution in [2.75, 3.05) is 23.5 Å². The number of para-hydroxylation sites is 1. The first-order valence-electron chi connectivity index (χ1n) is 10.4. The second-order valence-electron chi connectivity index (χ2n) is 7.86. The van der Waals surface area contributed by atoms with Crippen LogP contribution in [0.15, 0.2) is 72.4 Å². The largest absolute Gasteiger partial charge is 0.497 e. The van der Waals surface area contributed by atoms with Crippen molar-refractivity contribution in [1.29, 1.82) is 0 Å². The monoisotopic (exact) mass is 444 g/mol. The van der Waals surface area contributed by atoms with E-state index in [1.54, 1.807) is 37.4 Å². The van der Waals surface area contributed by atoms with E-state index in [2.05, 4.69) is 6.07 Å². The summed E-state index contributed by atoms with van der Waals surface area (Å²) in [5.74, 6) is 0.0116. The van der Waals surface area contributed by atoms with E-state index in [0.717, 1.165) is 23.2 Å². The minimum absolute atomic E-state index is 0.331. The fourth-order valence-corrected chi connectivity index (χ4v) is 4.67. The molecule has 2 heterocycles. The standard InChI is InChI=1S/C26H21ClN2O3/c1-16-15-19(27)9-12-21(16)29-25(30)23(18-7-10-20(32-2)11-8-18)24(26(29)31)28-14-13-17-5-3-4-6-22(17)28/h3-12,15H,13-14H2,1-2H3. The molecule has 2 amide bonds. The molecule has 6 heteroatoms. The molecule has 0 saturated heterocycles. The molecule has 0 unspecified atom stereocenters. The number of hydrogen-bond acceptors (Lipinski definition) is 4. The third kappa shape index (κ3) is 3.17. The first kappa shape index (κ1) is 20.3. The number of methoxy groups -OCH3 is 1. The second kappa shape index (κ2) is 7.84. The zero-order valence-corrected chi connectivity index (χ0v) is 18.5. The number of anilines is 2. The van der Waals surface area contributed by atoms with Gasteiger partial charge in [-0.25, -0.2) is 4.90 Å². The number of carbonyl (C=O) groups excluding carboxylic acids is 2. The number of imide groups is 1. The molecule has 0 fully saturated rings. The topological polar surface area (TPSA) is 49.9 Å². The van der Waals surface area contributed by atoms with E-state index in [-0.39, 0.29) is 11.8 Å². The molecule has 0 bridgehead atoms. The smallest absolute Gasteiger partial charge is 0.282 e. The molecule has 0 atom stereocenters. The predicted octanol–water partition coefficient (Wildman–Crippen LogP) is 5.00. The fraction of sp³-hybridized carbons (Fsp3) is 0.154. The highest BCUT2D eigenvalue weighted by atomic mass is 35.5. The van der Waals surface area contributed by atoms with Crippen LogP contribution in [-0.2, 0) is 16.0 Å². The summed E-state index contributed by atoms with van der Waals surface area (Å²) in [5.41, 5.74) is 4.90. The quantitative estimate of drug-likeness (QED) is 0.531. The van der Waals surface area contributed by atoms with E-state index in [9.17, 15) is 9.59 Å². The molecule has 32 heavy (non-hydrogen) atoms. The molecular weight excluding hydrogens is 424 g/mol. The zero-order chi connectivity index (χ0) is 22.4. The van der Waals surface area contributed by atoms with Crippen molar-refractivity contribution >= 4 is 40.4 Å². The first-order chi connectivity index (χ1) is 15.5. The number of amides is 2. The third-order valence-electron chi connectivity index (χ3n) is 5.99. The lowest BCUT2D eigenvalue weighted by Gasteiger charge is -2.22. The Morgan fingerprint density at radius 3 is 2.38 bits per heavy atom. The number of benzene rings is 3. The van der Waals surface area contributed by atoms with Gasteiger partial charge in [-0.05, 0) is 66.4 Å². The zero-order valence-electron chi connectivity index (χ0n) is 17.8. The van der Waals surface area contributed by atoms with E-state index in [4.69, 9.17) is 16.3 Å². The van der Waals surface area contributed by atoms with Crippen molar-refractivity contribution < 1.29 is 14.3 Å². The van der Waals surface area contributed by atoms with Gasteiger partial charge in [0.05, 0.1) is 18.4 Å². The molecule has 0 aliphatic carbocycles. The van der Waals surface area contributed by atoms with Gasteiger partial charge in [-0.2, -0.15) is 0 Å². The van der Waals surface area contributed by atoms with Crippen LogP contribution in [0.4, 0.5) is 11.4 Å². The molecule has 5 nitrogen and oxygen atoms in total. The molecule has 3 aromatic carbocycles. The van der Waals surface area contributed by atoms with Crippen molar-refractivity contribution in [3.8, 4) is 5.75 Å². The minimum Gasteiger partial charge on any atom is -0.497 e. The van der Waals surface area contributed by atoms with Crippen LogP contribution in [0.3, 0.4) is 0 Å². The Bertz CT molecular complexity index is 1280. The second-order valence-corrected chi connectivity index (χ2v) is 8.30. The van der Waals surface area contributed by atoms with Crippen LogP contribution in [-0.4, -0.2) is 25.5 Å². The van der Waals surface area contributed by atoms with E-state index in [1.807, 2.05) is 42.2 Å². The number of rotatable bonds is 4. The number of carbonyl (C=O) groups is 2. The average molecular weight is 445 g/mol. The molecule has 2 aliphatic heterocycles. The Morgan fingerprint density at radius 2 is 1.66 bits per heavy atom. The summed E-state index contributed by atoms with van der Waals surface area (Å²) in [7, 11) is 1.59. The van der Waals surface area contributed by atoms with E-state index in [0.29, 0.717) is 39.8 Å². The number of ether oxygens (including phenoxy) is 1. The molecular formula is C26H21ClN2O3. The van der Waals surface area contributed by atoms with E-state index < -0.39 is 0 Å². The van der Waals surface area contributed by atoms with Gasteiger partial charge in [-0.15, -0.1) is 0 Å². The number of aryl methyl sites for hydroxylation is 1. The van der Waals surface area contributed by atoms with Gasteiger partial charge < -0.3 is 9.64 Å². The molecule has 2 aliphatic rings. The summed E-state index contributed by atoms with van der Waals surface area (Å²) in [4.78, 5) is 30.8. The van der Waals surface area contributed by atoms with E-state index >= 15 is 0 Å². The summed E-state index contributed by atoms with van der Waals surface area (Å²) < 4.78 is 5.27. The highest BCUT2D eigenvalue weighted by Gasteiger charge is 2.44. The van der Waals surface area contributed by atoms with Crippen molar-refractivity contribution in [3.05, 3.63) is 94.1 Å². The van der Waals surface area contributed by atoms with Crippen LogP contribution in [0, 0.1) is 6.92 Å². The maximum absolute atomic E-state index is 13.8. The Hall–Kier alpha value is -3.57. The van der Waals surface area contributed by atoms with Crippen LogP contribution in [0.2, 0.25) is 5.02 Å². The van der Waals surface area contributed by atoms with Crippen LogP contribution >= 0.6 is 11.6 Å². The Labute approximate surface area is 191 Å². The summed E-state index contributed by atoms with van der Waals surface area (Å²) >= 11 is 6.12. The van der Waals surface area contributed by atoms with Gasteiger partial charge in [0.1, 0.15) is 11.4 Å². The number of nitrogens with zero attached hydrogens (tertiary/aromatic N) is 2. The molecule has 0 N–H and O–H groups in total. The van der Waals surface area contributed by atoms with Crippen molar-refractivity contribution in [2.45, 2.75) is 13.3 Å². The third-order valence-corrected chi connectivity index (χ3v) is 6.23. The molecule has 160 valence electrons. The summed E-state index contributed by atoms with van der Waals surface area (Å²) in [6, 6.07) is 20.4. The van der Waals surface area contributed by atoms with Gasteiger partial charge in [-0.3, -0.25) is 9.59 Å². The lowest BCUT2D eigenvalue weighted by atomic mass is 10.0. The highest BCUT2D eigenvalue weighted by Crippen LogP contribution is 2.41. The van der Waals surface area contributed by atoms with Gasteiger partial charge in [-0.1, -0.05) is 41.9 Å². The SMILES string of the molecule is COc1ccc(C2=C(N3CCc4ccccc43)C(=O)N(c3ccc(Cl)cc3C)C2=O)cc1. The maximum atomic E-state index is 13.8. The van der Waals surface area contributed by atoms with Gasteiger partial charge in [0.25, 0.3) is 11.8 Å². The fourth-order valence-electron chi connectivity index (χ4n) is 4.45. The number of halogens is 1. The van der Waals surface area contributed by atoms with Gasteiger partial charge in [0.2, 0.25) is 0 Å². The molecule has 0 aromatic heterocycles. The summed E-state index contributed by atoms with van der Waals surface area (Å²) in [5, 5.41) is 0.558. The molecule has 5 rings (SSSR count). The van der Waals surface area contributed by atoms with Crippen LogP contribution in [0.5, 0.6) is 5.75 Å². The normalized spacial score (nSPS) is 15.6. The highest BCUT2D eigenvalue weighted by molar-refractivity contribution is 6.46. The predicted molar refractivity (Wildman–Crippen MR) is 126 cm³/mol. The molecule has 3 aromatic rings. The molecule has 0 radical (unpaired) electrons. The van der Waals surface area contributed by atoms with Gasteiger partial charge in [0.15, 0.2) is 0 Å². The first-order valence-corrected chi connectivity index (χ1v) is 10.8. The Balaban J connectivity index is 1.68. The van der Waals surface area contributed by atoms with Crippen molar-refractivity contribution in [2.24, 2.45) is 0 Å². The molecule has 0 spiro atoms.